The first-order valence-corrected chi connectivity index (χ1v) is 10.5. The van der Waals surface area contributed by atoms with Crippen molar-refractivity contribution in [1.82, 2.24) is 14.7 Å². The Hall–Kier alpha value is -2.32. The van der Waals surface area contributed by atoms with Crippen LogP contribution in [-0.2, 0) is 10.0 Å². The number of sulfonamides is 1. The number of aromatic nitrogens is 2. The summed E-state index contributed by atoms with van der Waals surface area (Å²) in [4.78, 5) is 21.3. The lowest BCUT2D eigenvalue weighted by Crippen LogP contribution is -2.32. The van der Waals surface area contributed by atoms with E-state index in [-0.39, 0.29) is 22.5 Å². The third-order valence-electron chi connectivity index (χ3n) is 4.80. The molecule has 1 fully saturated rings. The van der Waals surface area contributed by atoms with Crippen LogP contribution in [0.3, 0.4) is 0 Å². The Morgan fingerprint density at radius 1 is 0.963 bits per heavy atom. The van der Waals surface area contributed by atoms with Crippen LogP contribution in [0.1, 0.15) is 53.3 Å². The summed E-state index contributed by atoms with van der Waals surface area (Å²) in [5.41, 5.74) is 2.80. The van der Waals surface area contributed by atoms with E-state index in [2.05, 4.69) is 20.0 Å². The van der Waals surface area contributed by atoms with Gasteiger partial charge >= 0.3 is 0 Å². The van der Waals surface area contributed by atoms with E-state index >= 15 is 0 Å². The highest BCUT2D eigenvalue weighted by atomic mass is 32.2. The molecule has 0 saturated heterocycles. The van der Waals surface area contributed by atoms with Crippen LogP contribution in [0.5, 0.6) is 0 Å². The Kier molecular flexibility index (Phi) is 5.57. The number of rotatable bonds is 5. The van der Waals surface area contributed by atoms with Crippen molar-refractivity contribution < 1.29 is 13.2 Å². The van der Waals surface area contributed by atoms with Gasteiger partial charge < -0.3 is 5.32 Å². The summed E-state index contributed by atoms with van der Waals surface area (Å²) in [6, 6.07) is 6.15. The molecule has 1 aliphatic rings. The minimum absolute atomic E-state index is 0.0145. The third-order valence-corrected chi connectivity index (χ3v) is 6.33. The van der Waals surface area contributed by atoms with Gasteiger partial charge in [0.15, 0.2) is 0 Å². The number of hydrogen-bond acceptors (Lipinski definition) is 5. The van der Waals surface area contributed by atoms with E-state index in [1.54, 1.807) is 26.0 Å². The predicted octanol–water partition coefficient (Wildman–Crippen LogP) is 2.88. The van der Waals surface area contributed by atoms with Crippen LogP contribution in [-0.4, -0.2) is 30.3 Å². The lowest BCUT2D eigenvalue weighted by Gasteiger charge is -2.13. The summed E-state index contributed by atoms with van der Waals surface area (Å²) in [5, 5.41) is 2.74. The van der Waals surface area contributed by atoms with E-state index in [0.717, 1.165) is 31.4 Å². The molecule has 1 saturated carbocycles. The first kappa shape index (κ1) is 19.4. The van der Waals surface area contributed by atoms with E-state index in [1.807, 2.05) is 6.92 Å². The zero-order valence-electron chi connectivity index (χ0n) is 15.7. The molecule has 0 spiro atoms. The number of nitrogens with one attached hydrogen (secondary N) is 2. The smallest absolute Gasteiger partial charge is 0.276 e. The summed E-state index contributed by atoms with van der Waals surface area (Å²) in [7, 11) is -3.54. The highest BCUT2D eigenvalue weighted by molar-refractivity contribution is 7.89. The fourth-order valence-electron chi connectivity index (χ4n) is 3.17. The minimum Gasteiger partial charge on any atom is -0.321 e. The molecule has 2 aromatic rings. The molecule has 1 aromatic carbocycles. The summed E-state index contributed by atoms with van der Waals surface area (Å²) in [6.45, 7) is 5.38. The molecule has 0 atom stereocenters. The second kappa shape index (κ2) is 7.74. The monoisotopic (exact) mass is 388 g/mol. The topological polar surface area (TPSA) is 101 Å². The number of hydrogen-bond donors (Lipinski definition) is 2. The molecule has 0 bridgehead atoms. The molecular weight excluding hydrogens is 364 g/mol. The molecule has 0 aliphatic heterocycles. The van der Waals surface area contributed by atoms with Crippen LogP contribution < -0.4 is 10.0 Å². The highest BCUT2D eigenvalue weighted by Gasteiger charge is 2.23. The van der Waals surface area contributed by atoms with Gasteiger partial charge in [-0.3, -0.25) is 9.78 Å². The number of carbonyl (C=O) groups is 1. The van der Waals surface area contributed by atoms with Crippen molar-refractivity contribution in [1.29, 1.82) is 0 Å². The molecule has 144 valence electrons. The van der Waals surface area contributed by atoms with Crippen LogP contribution in [0, 0.1) is 20.8 Å². The zero-order chi connectivity index (χ0) is 19.6. The van der Waals surface area contributed by atoms with Gasteiger partial charge in [0.1, 0.15) is 5.69 Å². The van der Waals surface area contributed by atoms with E-state index < -0.39 is 10.0 Å². The standard InChI is InChI=1S/C19H24N4O3S/c1-12-13(2)21-18(14(3)20-12)19(24)22-15-8-10-17(11-9-15)27(25,26)23-16-6-4-5-7-16/h8-11,16,23H,4-7H2,1-3H3,(H,22,24). The van der Waals surface area contributed by atoms with Crippen LogP contribution in [0.2, 0.25) is 0 Å². The van der Waals surface area contributed by atoms with E-state index in [4.69, 9.17) is 0 Å². The Morgan fingerprint density at radius 3 is 2.19 bits per heavy atom. The Bertz CT molecular complexity index is 950. The van der Waals surface area contributed by atoms with Crippen molar-refractivity contribution in [2.24, 2.45) is 0 Å². The lowest BCUT2D eigenvalue weighted by molar-refractivity contribution is 0.102. The van der Waals surface area contributed by atoms with Gasteiger partial charge in [-0.15, -0.1) is 0 Å². The summed E-state index contributed by atoms with van der Waals surface area (Å²) in [6.07, 6.45) is 3.87. The molecule has 8 heteroatoms. The SMILES string of the molecule is Cc1nc(C)c(C(=O)Nc2ccc(S(=O)(=O)NC3CCCC3)cc2)nc1C. The maximum absolute atomic E-state index is 12.5. The van der Waals surface area contributed by atoms with Crippen molar-refractivity contribution in [3.8, 4) is 0 Å². The molecule has 0 unspecified atom stereocenters. The number of aryl methyl sites for hydroxylation is 3. The first-order valence-electron chi connectivity index (χ1n) is 9.02. The van der Waals surface area contributed by atoms with Crippen LogP contribution >= 0.6 is 0 Å². The van der Waals surface area contributed by atoms with Gasteiger partial charge in [-0.2, -0.15) is 0 Å². The van der Waals surface area contributed by atoms with Gasteiger partial charge in [-0.1, -0.05) is 12.8 Å². The molecule has 7 nitrogen and oxygen atoms in total. The molecule has 1 heterocycles. The minimum atomic E-state index is -3.54. The predicted molar refractivity (Wildman–Crippen MR) is 103 cm³/mol. The quantitative estimate of drug-likeness (QED) is 0.820. The molecule has 1 amide bonds. The molecule has 1 aromatic heterocycles. The van der Waals surface area contributed by atoms with Gasteiger partial charge in [0, 0.05) is 11.7 Å². The van der Waals surface area contributed by atoms with Gasteiger partial charge in [-0.25, -0.2) is 18.1 Å². The van der Waals surface area contributed by atoms with Gasteiger partial charge in [0.05, 0.1) is 22.0 Å². The molecule has 0 radical (unpaired) electrons. The fourth-order valence-corrected chi connectivity index (χ4v) is 4.47. The van der Waals surface area contributed by atoms with Gasteiger partial charge in [0.25, 0.3) is 5.91 Å². The van der Waals surface area contributed by atoms with Crippen molar-refractivity contribution >= 4 is 21.6 Å². The Morgan fingerprint density at radius 2 is 1.56 bits per heavy atom. The van der Waals surface area contributed by atoms with Crippen LogP contribution in [0.15, 0.2) is 29.2 Å². The third kappa shape index (κ3) is 4.51. The van der Waals surface area contributed by atoms with E-state index in [9.17, 15) is 13.2 Å². The molecular formula is C19H24N4O3S. The molecule has 3 rings (SSSR count). The average molecular weight is 388 g/mol. The Balaban J connectivity index is 1.72. The maximum atomic E-state index is 12.5. The summed E-state index contributed by atoms with van der Waals surface area (Å²) < 4.78 is 27.6. The number of anilines is 1. The van der Waals surface area contributed by atoms with Crippen LogP contribution in [0.25, 0.3) is 0 Å². The first-order chi connectivity index (χ1) is 12.8. The average Bonchev–Trinajstić information content (AvgIpc) is 3.10. The number of carbonyl (C=O) groups excluding carboxylic acids is 1. The largest absolute Gasteiger partial charge is 0.321 e. The second-order valence-electron chi connectivity index (χ2n) is 6.91. The van der Waals surface area contributed by atoms with Crippen molar-refractivity contribution in [3.63, 3.8) is 0 Å². The summed E-state index contributed by atoms with van der Waals surface area (Å²) in [5.74, 6) is -0.372. The lowest BCUT2D eigenvalue weighted by atomic mass is 10.2. The van der Waals surface area contributed by atoms with Crippen LogP contribution in [0.4, 0.5) is 5.69 Å². The van der Waals surface area contributed by atoms with Gasteiger partial charge in [-0.05, 0) is 57.9 Å². The zero-order valence-corrected chi connectivity index (χ0v) is 16.6. The van der Waals surface area contributed by atoms with Gasteiger partial charge in [0.2, 0.25) is 10.0 Å². The summed E-state index contributed by atoms with van der Waals surface area (Å²) >= 11 is 0. The Labute approximate surface area is 159 Å². The molecule has 1 aliphatic carbocycles. The molecule has 2 N–H and O–H groups in total. The number of amides is 1. The maximum Gasteiger partial charge on any atom is 0.276 e. The van der Waals surface area contributed by atoms with E-state index in [0.29, 0.717) is 17.1 Å². The second-order valence-corrected chi connectivity index (χ2v) is 8.62. The highest BCUT2D eigenvalue weighted by Crippen LogP contribution is 2.21. The fraction of sp³-hybridized carbons (Fsp3) is 0.421. The number of benzene rings is 1. The normalized spacial score (nSPS) is 15.1. The number of nitrogens with zero attached hydrogens (tertiary/aromatic N) is 2. The molecule has 27 heavy (non-hydrogen) atoms. The van der Waals surface area contributed by atoms with E-state index in [1.165, 1.54) is 12.1 Å². The van der Waals surface area contributed by atoms with Crippen molar-refractivity contribution in [2.45, 2.75) is 57.4 Å². The van der Waals surface area contributed by atoms with Crippen molar-refractivity contribution in [3.05, 3.63) is 47.0 Å². The van der Waals surface area contributed by atoms with Crippen molar-refractivity contribution in [2.75, 3.05) is 5.32 Å².